The first-order valence-corrected chi connectivity index (χ1v) is 8.86. The van der Waals surface area contributed by atoms with Gasteiger partial charge < -0.3 is 16.0 Å². The summed E-state index contributed by atoms with van der Waals surface area (Å²) in [6.45, 7) is 0.303. The van der Waals surface area contributed by atoms with Crippen LogP contribution in [0, 0.1) is 5.82 Å². The van der Waals surface area contributed by atoms with Crippen LogP contribution < -0.4 is 16.0 Å². The highest BCUT2D eigenvalue weighted by Gasteiger charge is 2.07. The first-order chi connectivity index (χ1) is 13.6. The summed E-state index contributed by atoms with van der Waals surface area (Å²) in [5.41, 5.74) is 2.20. The van der Waals surface area contributed by atoms with E-state index in [9.17, 15) is 14.0 Å². The highest BCUT2D eigenvalue weighted by atomic mass is 19.1. The maximum Gasteiger partial charge on any atom is 0.319 e. The molecule has 0 atom stereocenters. The first kappa shape index (κ1) is 19.1. The third kappa shape index (κ3) is 5.41. The van der Waals surface area contributed by atoms with E-state index in [0.717, 1.165) is 0 Å². The van der Waals surface area contributed by atoms with E-state index in [-0.39, 0.29) is 11.7 Å². The molecule has 0 saturated heterocycles. The van der Waals surface area contributed by atoms with E-state index >= 15 is 0 Å². The zero-order valence-corrected chi connectivity index (χ0v) is 15.1. The maximum absolute atomic E-state index is 13.6. The van der Waals surface area contributed by atoms with Crippen LogP contribution in [0.2, 0.25) is 0 Å². The summed E-state index contributed by atoms with van der Waals surface area (Å²) in [5.74, 6) is -0.515. The van der Waals surface area contributed by atoms with Crippen molar-refractivity contribution in [1.82, 2.24) is 5.32 Å². The van der Waals surface area contributed by atoms with Gasteiger partial charge in [-0.3, -0.25) is 4.79 Å². The van der Waals surface area contributed by atoms with Gasteiger partial charge in [-0.15, -0.1) is 0 Å². The molecule has 3 aromatic rings. The van der Waals surface area contributed by atoms with Crippen LogP contribution in [-0.4, -0.2) is 18.5 Å². The third-order valence-corrected chi connectivity index (χ3v) is 4.05. The summed E-state index contributed by atoms with van der Waals surface area (Å²) in [6, 6.07) is 21.8. The Balaban J connectivity index is 1.51. The van der Waals surface area contributed by atoms with Crippen LogP contribution in [0.1, 0.15) is 15.9 Å². The second-order valence-corrected chi connectivity index (χ2v) is 6.12. The number of hydrogen-bond acceptors (Lipinski definition) is 2. The summed E-state index contributed by atoms with van der Waals surface area (Å²) in [7, 11) is 0. The third-order valence-electron chi connectivity index (χ3n) is 4.05. The van der Waals surface area contributed by atoms with Crippen molar-refractivity contribution in [2.45, 2.75) is 6.42 Å². The van der Waals surface area contributed by atoms with Crippen LogP contribution in [0.4, 0.5) is 20.6 Å². The average molecular weight is 377 g/mol. The lowest BCUT2D eigenvalue weighted by atomic mass is 10.1. The number of nitrogens with one attached hydrogen (secondary N) is 3. The van der Waals surface area contributed by atoms with Gasteiger partial charge in [0.2, 0.25) is 0 Å². The summed E-state index contributed by atoms with van der Waals surface area (Å²) < 4.78 is 13.6. The Labute approximate surface area is 162 Å². The Bertz CT molecular complexity index is 961. The van der Waals surface area contributed by atoms with Crippen molar-refractivity contribution in [1.29, 1.82) is 0 Å². The van der Waals surface area contributed by atoms with Gasteiger partial charge in [0.25, 0.3) is 5.91 Å². The van der Waals surface area contributed by atoms with Crippen molar-refractivity contribution in [3.8, 4) is 0 Å². The number of hydrogen-bond donors (Lipinski definition) is 3. The molecule has 28 heavy (non-hydrogen) atoms. The largest absolute Gasteiger partial charge is 0.338 e. The topological polar surface area (TPSA) is 70.2 Å². The summed E-state index contributed by atoms with van der Waals surface area (Å²) >= 11 is 0. The van der Waals surface area contributed by atoms with E-state index in [1.165, 1.54) is 6.07 Å². The molecule has 0 aliphatic carbocycles. The van der Waals surface area contributed by atoms with Crippen LogP contribution in [0.25, 0.3) is 0 Å². The van der Waals surface area contributed by atoms with Crippen molar-refractivity contribution >= 4 is 23.3 Å². The maximum atomic E-state index is 13.6. The lowest BCUT2D eigenvalue weighted by molar-refractivity contribution is 0.102. The quantitative estimate of drug-likeness (QED) is 0.594. The molecule has 5 nitrogen and oxygen atoms in total. The molecule has 0 saturated carbocycles. The van der Waals surface area contributed by atoms with Crippen molar-refractivity contribution in [2.24, 2.45) is 0 Å². The zero-order chi connectivity index (χ0) is 19.8. The monoisotopic (exact) mass is 377 g/mol. The summed E-state index contributed by atoms with van der Waals surface area (Å²) in [5, 5.41) is 8.18. The minimum Gasteiger partial charge on any atom is -0.338 e. The minimum atomic E-state index is -0.400. The number of halogens is 1. The molecule has 3 N–H and O–H groups in total. The van der Waals surface area contributed by atoms with E-state index < -0.39 is 6.03 Å². The molecule has 0 radical (unpaired) electrons. The molecule has 0 heterocycles. The lowest BCUT2D eigenvalue weighted by Crippen LogP contribution is -2.30. The SMILES string of the molecule is O=C(NCCc1ccccc1F)Nc1cccc(NC(=O)c2ccccc2)c1. The number of urea groups is 1. The molecule has 6 heteroatoms. The first-order valence-electron chi connectivity index (χ1n) is 8.86. The van der Waals surface area contributed by atoms with Crippen LogP contribution >= 0.6 is 0 Å². The van der Waals surface area contributed by atoms with Crippen molar-refractivity contribution in [2.75, 3.05) is 17.2 Å². The molecule has 0 aliphatic rings. The second-order valence-electron chi connectivity index (χ2n) is 6.12. The van der Waals surface area contributed by atoms with E-state index in [0.29, 0.717) is 35.5 Å². The normalized spacial score (nSPS) is 10.2. The van der Waals surface area contributed by atoms with Gasteiger partial charge >= 0.3 is 6.03 Å². The van der Waals surface area contributed by atoms with E-state index in [4.69, 9.17) is 0 Å². The van der Waals surface area contributed by atoms with E-state index in [2.05, 4.69) is 16.0 Å². The van der Waals surface area contributed by atoms with Crippen molar-refractivity contribution < 1.29 is 14.0 Å². The van der Waals surface area contributed by atoms with E-state index in [1.807, 2.05) is 6.07 Å². The molecule has 142 valence electrons. The van der Waals surface area contributed by atoms with Gasteiger partial charge in [-0.05, 0) is 48.4 Å². The van der Waals surface area contributed by atoms with Gasteiger partial charge in [0.15, 0.2) is 0 Å². The number of carbonyl (C=O) groups excluding carboxylic acids is 2. The molecular weight excluding hydrogens is 357 g/mol. The van der Waals surface area contributed by atoms with Crippen LogP contribution in [-0.2, 0) is 6.42 Å². The molecule has 0 spiro atoms. The Hall–Kier alpha value is -3.67. The van der Waals surface area contributed by atoms with Gasteiger partial charge in [-0.1, -0.05) is 42.5 Å². The second kappa shape index (κ2) is 9.32. The predicted molar refractivity (Wildman–Crippen MR) is 108 cm³/mol. The number of amides is 3. The Morgan fingerprint density at radius 3 is 2.21 bits per heavy atom. The van der Waals surface area contributed by atoms with Gasteiger partial charge in [0.05, 0.1) is 0 Å². The standard InChI is InChI=1S/C22H20FN3O2/c23-20-12-5-4-7-16(20)13-14-24-22(28)26-19-11-6-10-18(15-19)25-21(27)17-8-2-1-3-9-17/h1-12,15H,13-14H2,(H,25,27)(H2,24,26,28). The van der Waals surface area contributed by atoms with Crippen LogP contribution in [0.5, 0.6) is 0 Å². The molecule has 3 rings (SSSR count). The fourth-order valence-corrected chi connectivity index (χ4v) is 2.65. The Morgan fingerprint density at radius 1 is 0.786 bits per heavy atom. The average Bonchev–Trinajstić information content (AvgIpc) is 2.70. The summed E-state index contributed by atoms with van der Waals surface area (Å²) in [6.07, 6.45) is 0.396. The molecule has 0 bridgehead atoms. The van der Waals surface area contributed by atoms with Gasteiger partial charge in [0.1, 0.15) is 5.82 Å². The van der Waals surface area contributed by atoms with Crippen LogP contribution in [0.15, 0.2) is 78.9 Å². The smallest absolute Gasteiger partial charge is 0.319 e. The number of benzene rings is 3. The number of carbonyl (C=O) groups is 2. The fraction of sp³-hybridized carbons (Fsp3) is 0.0909. The van der Waals surface area contributed by atoms with Gasteiger partial charge in [-0.25, -0.2) is 9.18 Å². The predicted octanol–water partition coefficient (Wildman–Crippen LogP) is 4.44. The molecule has 3 aromatic carbocycles. The highest BCUT2D eigenvalue weighted by molar-refractivity contribution is 6.04. The lowest BCUT2D eigenvalue weighted by Gasteiger charge is -2.10. The highest BCUT2D eigenvalue weighted by Crippen LogP contribution is 2.16. The molecule has 0 unspecified atom stereocenters. The van der Waals surface area contributed by atoms with Crippen molar-refractivity contribution in [3.63, 3.8) is 0 Å². The molecule has 3 amide bonds. The molecule has 0 aromatic heterocycles. The molecule has 0 aliphatic heterocycles. The van der Waals surface area contributed by atoms with E-state index in [1.54, 1.807) is 66.7 Å². The minimum absolute atomic E-state index is 0.230. The van der Waals surface area contributed by atoms with Gasteiger partial charge in [-0.2, -0.15) is 0 Å². The fourth-order valence-electron chi connectivity index (χ4n) is 2.65. The Kier molecular flexibility index (Phi) is 6.36. The number of anilines is 2. The summed E-state index contributed by atoms with van der Waals surface area (Å²) in [4.78, 5) is 24.2. The van der Waals surface area contributed by atoms with Crippen molar-refractivity contribution in [3.05, 3.63) is 95.8 Å². The molecular formula is C22H20FN3O2. The number of rotatable bonds is 6. The van der Waals surface area contributed by atoms with Gasteiger partial charge in [0, 0.05) is 23.5 Å². The molecule has 0 fully saturated rings. The Morgan fingerprint density at radius 2 is 1.46 bits per heavy atom. The van der Waals surface area contributed by atoms with Crippen LogP contribution in [0.3, 0.4) is 0 Å². The zero-order valence-electron chi connectivity index (χ0n) is 15.1.